The van der Waals surface area contributed by atoms with Crippen LogP contribution in [0.2, 0.25) is 0 Å². The number of aryl methyl sites for hydroxylation is 1. The average molecular weight is 419 g/mol. The summed E-state index contributed by atoms with van der Waals surface area (Å²) < 4.78 is 6.56. The van der Waals surface area contributed by atoms with Crippen LogP contribution in [-0.4, -0.2) is 38.7 Å². The molecular weight excluding hydrogens is 394 g/mol. The van der Waals surface area contributed by atoms with Crippen LogP contribution < -0.4 is 5.32 Å². The van der Waals surface area contributed by atoms with Crippen LogP contribution in [0.25, 0.3) is 11.8 Å². The topological polar surface area (TPSA) is 99.0 Å². The van der Waals surface area contributed by atoms with Gasteiger partial charge in [0.2, 0.25) is 0 Å². The van der Waals surface area contributed by atoms with Crippen molar-refractivity contribution in [2.75, 3.05) is 11.9 Å². The van der Waals surface area contributed by atoms with E-state index in [4.69, 9.17) is 4.74 Å². The Bertz CT molecular complexity index is 1080. The third kappa shape index (κ3) is 5.63. The summed E-state index contributed by atoms with van der Waals surface area (Å²) >= 11 is 0. The number of carbonyl (C=O) groups is 2. The summed E-state index contributed by atoms with van der Waals surface area (Å²) in [4.78, 5) is 25.2. The van der Waals surface area contributed by atoms with Crippen LogP contribution >= 0.6 is 0 Å². The number of carbonyl (C=O) groups excluding carboxylic acids is 2. The first-order chi connectivity index (χ1) is 15.0. The molecule has 0 aliphatic heterocycles. The van der Waals surface area contributed by atoms with Crippen molar-refractivity contribution in [2.24, 2.45) is 0 Å². The quantitative estimate of drug-likeness (QED) is 0.442. The summed E-state index contributed by atoms with van der Waals surface area (Å²) in [5, 5.41) is 14.1. The van der Waals surface area contributed by atoms with E-state index in [1.165, 1.54) is 4.68 Å². The number of rotatable bonds is 8. The fraction of sp³-hybridized carbons (Fsp3) is 0.261. The standard InChI is InChI=1S/C23H25N5O3/c1-4-16(2)19-12-8-9-13-20(19)24-22(29)15-31-23(30)21(28-17(3)25-26-27-28)14-18-10-6-5-7-11-18/h5-14,16H,4,15H2,1-3H3,(H,24,29)/b21-14-/t16-/m1/s1. The van der Waals surface area contributed by atoms with Crippen LogP contribution in [0, 0.1) is 6.92 Å². The van der Waals surface area contributed by atoms with E-state index in [0.717, 1.165) is 17.5 Å². The van der Waals surface area contributed by atoms with Crippen LogP contribution in [0.4, 0.5) is 5.69 Å². The maximum absolute atomic E-state index is 12.8. The van der Waals surface area contributed by atoms with E-state index in [-0.39, 0.29) is 5.70 Å². The number of nitrogens with one attached hydrogen (secondary N) is 1. The molecule has 0 bridgehead atoms. The molecule has 0 saturated heterocycles. The van der Waals surface area contributed by atoms with Crippen molar-refractivity contribution in [3.05, 3.63) is 71.5 Å². The lowest BCUT2D eigenvalue weighted by Crippen LogP contribution is -2.23. The van der Waals surface area contributed by atoms with Gasteiger partial charge in [-0.3, -0.25) is 4.79 Å². The van der Waals surface area contributed by atoms with Gasteiger partial charge in [0.15, 0.2) is 18.1 Å². The number of esters is 1. The Morgan fingerprint density at radius 3 is 2.52 bits per heavy atom. The Hall–Kier alpha value is -3.81. The van der Waals surface area contributed by atoms with E-state index < -0.39 is 18.5 Å². The summed E-state index contributed by atoms with van der Waals surface area (Å²) in [6, 6.07) is 16.9. The van der Waals surface area contributed by atoms with Crippen molar-refractivity contribution < 1.29 is 14.3 Å². The number of hydrogen-bond donors (Lipinski definition) is 1. The van der Waals surface area contributed by atoms with Crippen molar-refractivity contribution in [3.63, 3.8) is 0 Å². The first-order valence-electron chi connectivity index (χ1n) is 10.1. The maximum Gasteiger partial charge on any atom is 0.357 e. The van der Waals surface area contributed by atoms with Gasteiger partial charge in [-0.15, -0.1) is 5.10 Å². The fourth-order valence-corrected chi connectivity index (χ4v) is 3.02. The fourth-order valence-electron chi connectivity index (χ4n) is 3.02. The van der Waals surface area contributed by atoms with Gasteiger partial charge in [-0.05, 0) is 53.0 Å². The molecule has 1 N–H and O–H groups in total. The van der Waals surface area contributed by atoms with Crippen LogP contribution in [0.15, 0.2) is 54.6 Å². The highest BCUT2D eigenvalue weighted by molar-refractivity contribution is 6.15. The van der Waals surface area contributed by atoms with Gasteiger partial charge < -0.3 is 10.1 Å². The third-order valence-corrected chi connectivity index (χ3v) is 4.88. The van der Waals surface area contributed by atoms with Gasteiger partial charge in [-0.1, -0.05) is 62.4 Å². The molecule has 0 unspecified atom stereocenters. The molecule has 8 nitrogen and oxygen atoms in total. The number of tetrazole rings is 1. The van der Waals surface area contributed by atoms with Gasteiger partial charge >= 0.3 is 5.97 Å². The third-order valence-electron chi connectivity index (χ3n) is 4.88. The van der Waals surface area contributed by atoms with Crippen molar-refractivity contribution in [1.29, 1.82) is 0 Å². The Morgan fingerprint density at radius 1 is 1.13 bits per heavy atom. The molecule has 31 heavy (non-hydrogen) atoms. The molecule has 1 heterocycles. The van der Waals surface area contributed by atoms with Crippen LogP contribution in [0.5, 0.6) is 0 Å². The summed E-state index contributed by atoms with van der Waals surface area (Å²) in [6.45, 7) is 5.43. The zero-order chi connectivity index (χ0) is 22.2. The second kappa shape index (κ2) is 10.3. The lowest BCUT2D eigenvalue weighted by molar-refractivity contribution is -0.141. The number of benzene rings is 2. The van der Waals surface area contributed by atoms with Gasteiger partial charge in [-0.2, -0.15) is 4.68 Å². The second-order valence-electron chi connectivity index (χ2n) is 7.10. The molecule has 0 saturated carbocycles. The molecule has 1 aromatic heterocycles. The van der Waals surface area contributed by atoms with Crippen molar-refractivity contribution in [2.45, 2.75) is 33.1 Å². The van der Waals surface area contributed by atoms with Crippen LogP contribution in [0.1, 0.15) is 43.1 Å². The molecule has 0 aliphatic carbocycles. The summed E-state index contributed by atoms with van der Waals surface area (Å²) in [5.74, 6) is -0.408. The zero-order valence-electron chi connectivity index (χ0n) is 17.8. The smallest absolute Gasteiger partial charge is 0.357 e. The molecule has 0 aliphatic rings. The SMILES string of the molecule is CC[C@@H](C)c1ccccc1NC(=O)COC(=O)/C(=C/c1ccccc1)n1nnnc1C. The number of amides is 1. The normalized spacial score (nSPS) is 12.3. The van der Waals surface area contributed by atoms with Crippen molar-refractivity contribution in [3.8, 4) is 0 Å². The number of nitrogens with zero attached hydrogens (tertiary/aromatic N) is 4. The van der Waals surface area contributed by atoms with Gasteiger partial charge in [0.25, 0.3) is 5.91 Å². The number of aromatic nitrogens is 4. The summed E-state index contributed by atoms with van der Waals surface area (Å²) in [6.07, 6.45) is 2.56. The van der Waals surface area contributed by atoms with Gasteiger partial charge in [-0.25, -0.2) is 4.79 Å². The predicted molar refractivity (Wildman–Crippen MR) is 118 cm³/mol. The Balaban J connectivity index is 1.73. The Morgan fingerprint density at radius 2 is 1.84 bits per heavy atom. The van der Waals surface area contributed by atoms with Gasteiger partial charge in [0, 0.05) is 5.69 Å². The number of hydrogen-bond acceptors (Lipinski definition) is 6. The van der Waals surface area contributed by atoms with E-state index in [1.807, 2.05) is 54.6 Å². The molecule has 1 amide bonds. The minimum Gasteiger partial charge on any atom is -0.451 e. The highest BCUT2D eigenvalue weighted by Gasteiger charge is 2.19. The molecule has 3 rings (SSSR count). The highest BCUT2D eigenvalue weighted by Crippen LogP contribution is 2.26. The summed E-state index contributed by atoms with van der Waals surface area (Å²) in [5.41, 5.74) is 2.64. The molecule has 8 heteroatoms. The minimum atomic E-state index is -0.704. The highest BCUT2D eigenvalue weighted by atomic mass is 16.5. The average Bonchev–Trinajstić information content (AvgIpc) is 3.22. The van der Waals surface area contributed by atoms with Crippen molar-refractivity contribution >= 4 is 29.3 Å². The monoisotopic (exact) mass is 419 g/mol. The number of para-hydroxylation sites is 1. The first-order valence-corrected chi connectivity index (χ1v) is 10.1. The molecule has 1 atom stereocenters. The predicted octanol–water partition coefficient (Wildman–Crippen LogP) is 3.68. The number of ether oxygens (including phenoxy) is 1. The van der Waals surface area contributed by atoms with Gasteiger partial charge in [0.1, 0.15) is 0 Å². The van der Waals surface area contributed by atoms with E-state index in [0.29, 0.717) is 17.4 Å². The lowest BCUT2D eigenvalue weighted by atomic mass is 9.97. The van der Waals surface area contributed by atoms with E-state index in [2.05, 4.69) is 34.7 Å². The first kappa shape index (κ1) is 21.9. The lowest BCUT2D eigenvalue weighted by Gasteiger charge is -2.15. The largest absolute Gasteiger partial charge is 0.451 e. The van der Waals surface area contributed by atoms with Gasteiger partial charge in [0.05, 0.1) is 0 Å². The Labute approximate surface area is 180 Å². The van der Waals surface area contributed by atoms with E-state index >= 15 is 0 Å². The summed E-state index contributed by atoms with van der Waals surface area (Å²) in [7, 11) is 0. The maximum atomic E-state index is 12.8. The molecule has 0 spiro atoms. The molecule has 0 radical (unpaired) electrons. The van der Waals surface area contributed by atoms with E-state index in [9.17, 15) is 9.59 Å². The van der Waals surface area contributed by atoms with Crippen LogP contribution in [0.3, 0.4) is 0 Å². The van der Waals surface area contributed by atoms with Crippen LogP contribution in [-0.2, 0) is 14.3 Å². The molecular formula is C23H25N5O3. The molecule has 160 valence electrons. The number of anilines is 1. The van der Waals surface area contributed by atoms with E-state index in [1.54, 1.807) is 13.0 Å². The second-order valence-corrected chi connectivity index (χ2v) is 7.10. The zero-order valence-corrected chi connectivity index (χ0v) is 17.8. The Kier molecular flexibility index (Phi) is 7.26. The van der Waals surface area contributed by atoms with Crippen molar-refractivity contribution in [1.82, 2.24) is 20.2 Å². The molecule has 3 aromatic rings. The molecule has 0 fully saturated rings. The minimum absolute atomic E-state index is 0.113. The molecule has 2 aromatic carbocycles.